The largest absolute Gasteiger partial charge is 0.310 e. The number of hydrogen-bond donors (Lipinski definition) is 1. The van der Waals surface area contributed by atoms with Crippen LogP contribution in [0.3, 0.4) is 0 Å². The summed E-state index contributed by atoms with van der Waals surface area (Å²) in [7, 11) is 0. The zero-order chi connectivity index (χ0) is 13.2. The molecule has 1 aromatic heterocycles. The molecule has 18 heavy (non-hydrogen) atoms. The topological polar surface area (TPSA) is 42.0 Å². The highest BCUT2D eigenvalue weighted by Crippen LogP contribution is 2.40. The molecule has 0 bridgehead atoms. The molecule has 2 rings (SSSR count). The fourth-order valence-electron chi connectivity index (χ4n) is 3.05. The van der Waals surface area contributed by atoms with E-state index in [4.69, 9.17) is 0 Å². The minimum absolute atomic E-state index is 0.162. The minimum atomic E-state index is -0.216. The normalized spacial score (nSPS) is 17.2. The molecule has 1 aliphatic heterocycles. The number of rotatable bonds is 4. The molecule has 0 aromatic carbocycles. The fraction of sp³-hybridized carbons (Fsp3) is 0.600. The molecule has 1 amide bonds. The highest BCUT2D eigenvalue weighted by Gasteiger charge is 2.41. The number of anilines is 1. The summed E-state index contributed by atoms with van der Waals surface area (Å²) < 4.78 is 0. The van der Waals surface area contributed by atoms with Crippen LogP contribution < -0.4 is 5.32 Å². The highest BCUT2D eigenvalue weighted by atomic mass is 16.2. The average molecular weight is 246 g/mol. The van der Waals surface area contributed by atoms with Gasteiger partial charge in [-0.3, -0.25) is 4.79 Å². The lowest BCUT2D eigenvalue weighted by Gasteiger charge is -2.36. The van der Waals surface area contributed by atoms with E-state index in [1.165, 1.54) is 5.56 Å². The molecule has 0 aliphatic carbocycles. The number of carbonyl (C=O) groups excluding carboxylic acids is 1. The summed E-state index contributed by atoms with van der Waals surface area (Å²) in [5, 5.41) is 3.00. The van der Waals surface area contributed by atoms with Gasteiger partial charge in [-0.05, 0) is 37.3 Å². The summed E-state index contributed by atoms with van der Waals surface area (Å²) >= 11 is 0. The zero-order valence-electron chi connectivity index (χ0n) is 11.5. The van der Waals surface area contributed by atoms with Crippen molar-refractivity contribution in [1.29, 1.82) is 0 Å². The van der Waals surface area contributed by atoms with Crippen LogP contribution in [0.15, 0.2) is 12.3 Å². The number of aromatic nitrogens is 1. The van der Waals surface area contributed by atoms with Crippen LogP contribution in [0.1, 0.15) is 50.7 Å². The van der Waals surface area contributed by atoms with Crippen molar-refractivity contribution in [3.8, 4) is 0 Å². The molecule has 0 spiro atoms. The van der Waals surface area contributed by atoms with Crippen molar-refractivity contribution >= 4 is 11.7 Å². The summed E-state index contributed by atoms with van der Waals surface area (Å²) in [6.07, 6.45) is 6.65. The van der Waals surface area contributed by atoms with Crippen molar-refractivity contribution in [2.75, 3.05) is 5.32 Å². The minimum Gasteiger partial charge on any atom is -0.310 e. The van der Waals surface area contributed by atoms with Crippen LogP contribution in [-0.4, -0.2) is 10.9 Å². The van der Waals surface area contributed by atoms with E-state index in [0.29, 0.717) is 0 Å². The third kappa shape index (κ3) is 2.26. The maximum atomic E-state index is 12.4. The molecule has 2 heterocycles. The molecule has 3 nitrogen and oxygen atoms in total. The smallest absolute Gasteiger partial charge is 0.232 e. The second-order valence-electron chi connectivity index (χ2n) is 5.43. The van der Waals surface area contributed by atoms with Gasteiger partial charge in [0.2, 0.25) is 5.91 Å². The van der Waals surface area contributed by atoms with Crippen LogP contribution in [0.5, 0.6) is 0 Å². The molecule has 0 unspecified atom stereocenters. The van der Waals surface area contributed by atoms with Gasteiger partial charge in [0.05, 0.1) is 5.41 Å². The van der Waals surface area contributed by atoms with Gasteiger partial charge in [0, 0.05) is 6.20 Å². The molecule has 1 aliphatic rings. The number of fused-ring (bicyclic) bond motifs is 1. The van der Waals surface area contributed by atoms with Gasteiger partial charge >= 0.3 is 0 Å². The SMILES string of the molecule is CCCC1(CCC)Cc2cc(C)cnc2NC1=O. The Morgan fingerprint density at radius 3 is 2.61 bits per heavy atom. The highest BCUT2D eigenvalue weighted by molar-refractivity contribution is 5.97. The second-order valence-corrected chi connectivity index (χ2v) is 5.43. The predicted octanol–water partition coefficient (Wildman–Crippen LogP) is 3.47. The summed E-state index contributed by atoms with van der Waals surface area (Å²) in [6.45, 7) is 6.34. The van der Waals surface area contributed by atoms with Crippen LogP contribution in [0.4, 0.5) is 5.82 Å². The maximum absolute atomic E-state index is 12.4. The third-order valence-corrected chi connectivity index (χ3v) is 3.80. The van der Waals surface area contributed by atoms with Crippen LogP contribution in [0.25, 0.3) is 0 Å². The van der Waals surface area contributed by atoms with Crippen LogP contribution >= 0.6 is 0 Å². The Hall–Kier alpha value is -1.38. The average Bonchev–Trinajstić information content (AvgIpc) is 2.32. The Balaban J connectivity index is 2.37. The van der Waals surface area contributed by atoms with E-state index in [-0.39, 0.29) is 11.3 Å². The van der Waals surface area contributed by atoms with Gasteiger partial charge in [-0.25, -0.2) is 4.98 Å². The molecule has 0 fully saturated rings. The van der Waals surface area contributed by atoms with Crippen molar-refractivity contribution in [2.45, 2.75) is 52.9 Å². The van der Waals surface area contributed by atoms with Crippen LogP contribution in [0.2, 0.25) is 0 Å². The van der Waals surface area contributed by atoms with E-state index in [0.717, 1.165) is 43.5 Å². The molecule has 0 radical (unpaired) electrons. The van der Waals surface area contributed by atoms with Gasteiger partial charge in [0.25, 0.3) is 0 Å². The van der Waals surface area contributed by atoms with Crippen LogP contribution in [-0.2, 0) is 11.2 Å². The molecular weight excluding hydrogens is 224 g/mol. The Morgan fingerprint density at radius 2 is 2.00 bits per heavy atom. The predicted molar refractivity (Wildman–Crippen MR) is 73.6 cm³/mol. The van der Waals surface area contributed by atoms with Crippen molar-refractivity contribution in [3.05, 3.63) is 23.4 Å². The molecule has 0 saturated carbocycles. The first-order valence-electron chi connectivity index (χ1n) is 6.88. The molecule has 0 saturated heterocycles. The number of nitrogens with one attached hydrogen (secondary N) is 1. The van der Waals surface area contributed by atoms with E-state index >= 15 is 0 Å². The van der Waals surface area contributed by atoms with Crippen molar-refractivity contribution in [1.82, 2.24) is 4.98 Å². The van der Waals surface area contributed by atoms with Crippen LogP contribution in [0, 0.1) is 12.3 Å². The lowest BCUT2D eigenvalue weighted by atomic mass is 9.72. The maximum Gasteiger partial charge on any atom is 0.232 e. The van der Waals surface area contributed by atoms with E-state index in [9.17, 15) is 4.79 Å². The lowest BCUT2D eigenvalue weighted by molar-refractivity contribution is -0.127. The molecule has 1 N–H and O–H groups in total. The van der Waals surface area contributed by atoms with E-state index in [1.54, 1.807) is 0 Å². The van der Waals surface area contributed by atoms with E-state index in [2.05, 4.69) is 30.2 Å². The number of pyridine rings is 1. The molecule has 98 valence electrons. The molecule has 1 aromatic rings. The summed E-state index contributed by atoms with van der Waals surface area (Å²) in [4.78, 5) is 16.7. The van der Waals surface area contributed by atoms with Gasteiger partial charge in [-0.2, -0.15) is 0 Å². The van der Waals surface area contributed by atoms with Crippen molar-refractivity contribution < 1.29 is 4.79 Å². The standard InChI is InChI=1S/C15H22N2O/c1-4-6-15(7-5-2)9-12-8-11(3)10-16-13(12)17-14(15)18/h8,10H,4-7,9H2,1-3H3,(H,16,17,18). The molecule has 3 heteroatoms. The first-order valence-corrected chi connectivity index (χ1v) is 6.88. The van der Waals surface area contributed by atoms with Gasteiger partial charge < -0.3 is 5.32 Å². The second kappa shape index (κ2) is 5.09. The summed E-state index contributed by atoms with van der Waals surface area (Å²) in [5.41, 5.74) is 2.13. The van der Waals surface area contributed by atoms with Crippen molar-refractivity contribution in [2.24, 2.45) is 5.41 Å². The lowest BCUT2D eigenvalue weighted by Crippen LogP contribution is -2.42. The zero-order valence-corrected chi connectivity index (χ0v) is 11.5. The first kappa shape index (κ1) is 13.1. The Bertz CT molecular complexity index is 448. The number of amides is 1. The number of hydrogen-bond acceptors (Lipinski definition) is 2. The van der Waals surface area contributed by atoms with Gasteiger partial charge in [0.15, 0.2) is 0 Å². The number of carbonyl (C=O) groups is 1. The van der Waals surface area contributed by atoms with Gasteiger partial charge in [0.1, 0.15) is 5.82 Å². The fourth-order valence-corrected chi connectivity index (χ4v) is 3.05. The number of aryl methyl sites for hydroxylation is 1. The van der Waals surface area contributed by atoms with Gasteiger partial charge in [-0.15, -0.1) is 0 Å². The van der Waals surface area contributed by atoms with E-state index < -0.39 is 0 Å². The van der Waals surface area contributed by atoms with Crippen molar-refractivity contribution in [3.63, 3.8) is 0 Å². The Morgan fingerprint density at radius 1 is 1.33 bits per heavy atom. The Kier molecular flexibility index (Phi) is 3.69. The monoisotopic (exact) mass is 246 g/mol. The molecular formula is C15H22N2O. The Labute approximate surface area is 109 Å². The summed E-state index contributed by atoms with van der Waals surface area (Å²) in [6, 6.07) is 2.15. The van der Waals surface area contributed by atoms with E-state index in [1.807, 2.05) is 13.1 Å². The van der Waals surface area contributed by atoms with Gasteiger partial charge in [-0.1, -0.05) is 32.8 Å². The quantitative estimate of drug-likeness (QED) is 0.883. The first-order chi connectivity index (χ1) is 8.61. The molecule has 0 atom stereocenters. The number of nitrogens with zero attached hydrogens (tertiary/aromatic N) is 1. The summed E-state index contributed by atoms with van der Waals surface area (Å²) in [5.74, 6) is 0.920. The third-order valence-electron chi connectivity index (χ3n) is 3.80.